The average molecular weight is 214 g/mol. The summed E-state index contributed by atoms with van der Waals surface area (Å²) < 4.78 is 5.35. The van der Waals surface area contributed by atoms with Gasteiger partial charge < -0.3 is 10.3 Å². The molecule has 1 aromatic heterocycles. The Hall–Kier alpha value is -1.77. The molecule has 2 aromatic rings. The molecule has 1 saturated carbocycles. The third kappa shape index (κ3) is 1.40. The number of aryl methyl sites for hydroxylation is 1. The van der Waals surface area contributed by atoms with Crippen molar-refractivity contribution in [1.29, 1.82) is 0 Å². The number of anilines is 1. The van der Waals surface area contributed by atoms with Crippen molar-refractivity contribution in [1.82, 2.24) is 5.16 Å². The lowest BCUT2D eigenvalue weighted by molar-refractivity contribution is 0.387. The van der Waals surface area contributed by atoms with Gasteiger partial charge in [-0.15, -0.1) is 0 Å². The second-order valence-electron chi connectivity index (χ2n) is 4.40. The molecule has 1 aliphatic rings. The van der Waals surface area contributed by atoms with Gasteiger partial charge in [0.2, 0.25) is 0 Å². The molecular formula is C13H14N2O. The molecule has 0 radical (unpaired) electrons. The topological polar surface area (TPSA) is 52.0 Å². The number of nitrogens with zero attached hydrogens (tertiary/aromatic N) is 1. The Kier molecular flexibility index (Phi) is 1.99. The minimum atomic E-state index is 0.510. The van der Waals surface area contributed by atoms with Gasteiger partial charge in [0.05, 0.1) is 5.56 Å². The monoisotopic (exact) mass is 214 g/mol. The Morgan fingerprint density at radius 1 is 1.31 bits per heavy atom. The summed E-state index contributed by atoms with van der Waals surface area (Å²) in [5, 5.41) is 3.90. The van der Waals surface area contributed by atoms with Crippen LogP contribution in [0.1, 0.15) is 30.1 Å². The highest BCUT2D eigenvalue weighted by molar-refractivity contribution is 5.78. The van der Waals surface area contributed by atoms with Gasteiger partial charge in [-0.1, -0.05) is 29.4 Å². The summed E-state index contributed by atoms with van der Waals surface area (Å²) in [6.45, 7) is 2.08. The van der Waals surface area contributed by atoms with E-state index in [4.69, 9.17) is 10.3 Å². The van der Waals surface area contributed by atoms with Crippen LogP contribution in [0.3, 0.4) is 0 Å². The molecule has 0 amide bonds. The molecule has 0 unspecified atom stereocenters. The van der Waals surface area contributed by atoms with Crippen LogP contribution in [0.4, 0.5) is 5.82 Å². The van der Waals surface area contributed by atoms with E-state index >= 15 is 0 Å². The normalized spacial score (nSPS) is 15.3. The molecule has 3 heteroatoms. The fraction of sp³-hybridized carbons (Fsp3) is 0.308. The van der Waals surface area contributed by atoms with Crippen molar-refractivity contribution >= 4 is 5.82 Å². The summed E-state index contributed by atoms with van der Waals surface area (Å²) in [5.74, 6) is 2.00. The Labute approximate surface area is 94.2 Å². The van der Waals surface area contributed by atoms with Crippen molar-refractivity contribution in [3.05, 3.63) is 35.6 Å². The molecule has 1 aromatic carbocycles. The summed E-state index contributed by atoms with van der Waals surface area (Å²) in [7, 11) is 0. The van der Waals surface area contributed by atoms with E-state index in [1.165, 1.54) is 18.4 Å². The molecule has 1 fully saturated rings. The Morgan fingerprint density at radius 3 is 2.75 bits per heavy atom. The van der Waals surface area contributed by atoms with Crippen LogP contribution < -0.4 is 5.73 Å². The summed E-state index contributed by atoms with van der Waals surface area (Å²) in [4.78, 5) is 0. The summed E-state index contributed by atoms with van der Waals surface area (Å²) >= 11 is 0. The summed E-state index contributed by atoms with van der Waals surface area (Å²) in [6.07, 6.45) is 2.38. The van der Waals surface area contributed by atoms with E-state index in [2.05, 4.69) is 24.2 Å². The highest BCUT2D eigenvalue weighted by Gasteiger charge is 2.32. The number of hydrogen-bond acceptors (Lipinski definition) is 3. The van der Waals surface area contributed by atoms with Crippen LogP contribution in [-0.2, 0) is 0 Å². The van der Waals surface area contributed by atoms with Gasteiger partial charge in [-0.2, -0.15) is 0 Å². The van der Waals surface area contributed by atoms with Gasteiger partial charge in [0.15, 0.2) is 5.82 Å². The number of rotatable bonds is 2. The predicted octanol–water partition coefficient (Wildman–Crippen LogP) is 3.11. The third-order valence-corrected chi connectivity index (χ3v) is 3.11. The van der Waals surface area contributed by atoms with Crippen molar-refractivity contribution in [3.8, 4) is 11.1 Å². The van der Waals surface area contributed by atoms with E-state index in [-0.39, 0.29) is 0 Å². The van der Waals surface area contributed by atoms with Gasteiger partial charge in [-0.25, -0.2) is 0 Å². The quantitative estimate of drug-likeness (QED) is 0.835. The molecule has 2 N–H and O–H groups in total. The van der Waals surface area contributed by atoms with Crippen molar-refractivity contribution in [2.24, 2.45) is 0 Å². The summed E-state index contributed by atoms with van der Waals surface area (Å²) in [6, 6.07) is 8.20. The molecule has 0 bridgehead atoms. The first-order valence-electron chi connectivity index (χ1n) is 5.58. The number of aromatic nitrogens is 1. The van der Waals surface area contributed by atoms with Crippen LogP contribution in [0.2, 0.25) is 0 Å². The molecule has 16 heavy (non-hydrogen) atoms. The van der Waals surface area contributed by atoms with E-state index in [1.807, 2.05) is 12.1 Å². The Balaban J connectivity index is 2.18. The first kappa shape index (κ1) is 9.46. The predicted molar refractivity (Wildman–Crippen MR) is 63.1 cm³/mol. The minimum Gasteiger partial charge on any atom is -0.380 e. The molecule has 0 saturated heterocycles. The Bertz CT molecular complexity index is 526. The van der Waals surface area contributed by atoms with Crippen molar-refractivity contribution in [3.63, 3.8) is 0 Å². The zero-order valence-corrected chi connectivity index (χ0v) is 9.23. The SMILES string of the molecule is Cc1ccccc1-c1c(N)noc1C1CC1. The largest absolute Gasteiger partial charge is 0.380 e. The van der Waals surface area contributed by atoms with Gasteiger partial charge >= 0.3 is 0 Å². The first-order chi connectivity index (χ1) is 7.77. The lowest BCUT2D eigenvalue weighted by atomic mass is 9.99. The lowest BCUT2D eigenvalue weighted by Gasteiger charge is -2.05. The van der Waals surface area contributed by atoms with E-state index < -0.39 is 0 Å². The van der Waals surface area contributed by atoms with Crippen LogP contribution >= 0.6 is 0 Å². The molecule has 0 spiro atoms. The zero-order valence-electron chi connectivity index (χ0n) is 9.23. The molecule has 3 nitrogen and oxygen atoms in total. The van der Waals surface area contributed by atoms with Crippen LogP contribution in [0.25, 0.3) is 11.1 Å². The van der Waals surface area contributed by atoms with Crippen LogP contribution in [0, 0.1) is 6.92 Å². The molecule has 3 rings (SSSR count). The maximum Gasteiger partial charge on any atom is 0.175 e. The van der Waals surface area contributed by atoms with Gasteiger partial charge in [0, 0.05) is 5.92 Å². The smallest absolute Gasteiger partial charge is 0.175 e. The van der Waals surface area contributed by atoms with Crippen LogP contribution in [0.5, 0.6) is 0 Å². The molecular weight excluding hydrogens is 200 g/mol. The second-order valence-corrected chi connectivity index (χ2v) is 4.40. The van der Waals surface area contributed by atoms with E-state index in [9.17, 15) is 0 Å². The van der Waals surface area contributed by atoms with Gasteiger partial charge in [0.25, 0.3) is 0 Å². The molecule has 0 aliphatic heterocycles. The maximum absolute atomic E-state index is 5.90. The number of nitrogen functional groups attached to an aromatic ring is 1. The highest BCUT2D eigenvalue weighted by Crippen LogP contribution is 2.46. The van der Waals surface area contributed by atoms with Crippen molar-refractivity contribution in [2.45, 2.75) is 25.7 Å². The number of nitrogens with two attached hydrogens (primary N) is 1. The van der Waals surface area contributed by atoms with E-state index in [1.54, 1.807) is 0 Å². The van der Waals surface area contributed by atoms with Gasteiger partial charge in [-0.3, -0.25) is 0 Å². The fourth-order valence-corrected chi connectivity index (χ4v) is 2.06. The third-order valence-electron chi connectivity index (χ3n) is 3.11. The molecule has 0 atom stereocenters. The van der Waals surface area contributed by atoms with Crippen molar-refractivity contribution < 1.29 is 4.52 Å². The fourth-order valence-electron chi connectivity index (χ4n) is 2.06. The molecule has 1 heterocycles. The van der Waals surface area contributed by atoms with E-state index in [0.29, 0.717) is 11.7 Å². The lowest BCUT2D eigenvalue weighted by Crippen LogP contribution is -1.91. The zero-order chi connectivity index (χ0) is 11.1. The number of hydrogen-bond donors (Lipinski definition) is 1. The van der Waals surface area contributed by atoms with E-state index in [0.717, 1.165) is 16.9 Å². The molecule has 1 aliphatic carbocycles. The van der Waals surface area contributed by atoms with Gasteiger partial charge in [-0.05, 0) is 30.9 Å². The second kappa shape index (κ2) is 3.37. The minimum absolute atomic E-state index is 0.510. The van der Waals surface area contributed by atoms with Crippen LogP contribution in [-0.4, -0.2) is 5.16 Å². The maximum atomic E-state index is 5.90. The Morgan fingerprint density at radius 2 is 2.06 bits per heavy atom. The summed E-state index contributed by atoms with van der Waals surface area (Å²) in [5.41, 5.74) is 9.25. The van der Waals surface area contributed by atoms with Gasteiger partial charge in [0.1, 0.15) is 5.76 Å². The number of benzene rings is 1. The molecule has 82 valence electrons. The highest BCUT2D eigenvalue weighted by atomic mass is 16.5. The standard InChI is InChI=1S/C13H14N2O/c1-8-4-2-3-5-10(8)11-12(9-6-7-9)16-15-13(11)14/h2-5,9H,6-7H2,1H3,(H2,14,15). The van der Waals surface area contributed by atoms with Crippen molar-refractivity contribution in [2.75, 3.05) is 5.73 Å². The van der Waals surface area contributed by atoms with Crippen LogP contribution in [0.15, 0.2) is 28.8 Å². The first-order valence-corrected chi connectivity index (χ1v) is 5.58. The average Bonchev–Trinajstić information content (AvgIpc) is 3.04.